The Labute approximate surface area is 103 Å². The van der Waals surface area contributed by atoms with E-state index in [0.717, 1.165) is 6.42 Å². The van der Waals surface area contributed by atoms with Crippen LogP contribution >= 0.6 is 11.3 Å². The van der Waals surface area contributed by atoms with Crippen molar-refractivity contribution in [3.05, 3.63) is 16.1 Å². The summed E-state index contributed by atoms with van der Waals surface area (Å²) in [6.45, 7) is 2.76. The molecule has 7 heteroatoms. The number of aromatic carboxylic acids is 1. The smallest absolute Gasteiger partial charge is 0.355 e. The number of ether oxygens (including phenoxy) is 1. The summed E-state index contributed by atoms with van der Waals surface area (Å²) in [5.41, 5.74) is 0.00137. The highest BCUT2D eigenvalue weighted by Crippen LogP contribution is 2.09. The van der Waals surface area contributed by atoms with Crippen LogP contribution in [0.3, 0.4) is 0 Å². The number of carboxylic acid groups (broad SMARTS) is 1. The zero-order valence-corrected chi connectivity index (χ0v) is 10.2. The summed E-state index contributed by atoms with van der Waals surface area (Å²) >= 11 is 1.20. The molecule has 0 aromatic carbocycles. The molecule has 17 heavy (non-hydrogen) atoms. The number of aromatic nitrogens is 1. The molecule has 0 fully saturated rings. The first-order valence-electron chi connectivity index (χ1n) is 5.15. The third kappa shape index (κ3) is 4.92. The summed E-state index contributed by atoms with van der Waals surface area (Å²) in [6.07, 6.45) is 0.863. The van der Waals surface area contributed by atoms with Crippen LogP contribution in [0.1, 0.15) is 28.8 Å². The lowest BCUT2D eigenvalue weighted by atomic mass is 10.5. The Morgan fingerprint density at radius 3 is 2.94 bits per heavy atom. The Morgan fingerprint density at radius 2 is 2.35 bits per heavy atom. The second kappa shape index (κ2) is 6.97. The molecule has 1 heterocycles. The maximum Gasteiger partial charge on any atom is 0.355 e. The van der Waals surface area contributed by atoms with Crippen LogP contribution < -0.4 is 5.32 Å². The molecule has 94 valence electrons. The third-order valence-electron chi connectivity index (χ3n) is 1.79. The van der Waals surface area contributed by atoms with E-state index in [9.17, 15) is 9.59 Å². The lowest BCUT2D eigenvalue weighted by Crippen LogP contribution is -2.27. The molecule has 0 radical (unpaired) electrons. The van der Waals surface area contributed by atoms with E-state index in [1.165, 1.54) is 16.7 Å². The van der Waals surface area contributed by atoms with Gasteiger partial charge in [-0.15, -0.1) is 11.3 Å². The Bertz CT molecular complexity index is 391. The monoisotopic (exact) mass is 258 g/mol. The molecule has 2 N–H and O–H groups in total. The lowest BCUT2D eigenvalue weighted by molar-refractivity contribution is -0.125. The fourth-order valence-electron chi connectivity index (χ4n) is 1.02. The molecule has 0 spiro atoms. The standard InChI is InChI=1S/C10H14N2O4S/c1-2-3-16-5-8(13)11-4-9-12-7(6-17-9)10(14)15/h6H,2-5H2,1H3,(H,11,13)(H,14,15). The molecule has 0 aliphatic carbocycles. The Morgan fingerprint density at radius 1 is 1.59 bits per heavy atom. The van der Waals surface area contributed by atoms with Gasteiger partial charge in [-0.1, -0.05) is 6.92 Å². The molecule has 0 unspecified atom stereocenters. The SMILES string of the molecule is CCCOCC(=O)NCc1nc(C(=O)O)cs1. The average Bonchev–Trinajstić information content (AvgIpc) is 2.75. The maximum atomic E-state index is 11.3. The molecule has 0 aliphatic heterocycles. The minimum absolute atomic E-state index is 0.00137. The molecule has 1 aromatic heterocycles. The van der Waals surface area contributed by atoms with Crippen molar-refractivity contribution in [2.24, 2.45) is 0 Å². The molecular formula is C10H14N2O4S. The number of carboxylic acids is 1. The van der Waals surface area contributed by atoms with Gasteiger partial charge >= 0.3 is 5.97 Å². The predicted octanol–water partition coefficient (Wildman–Crippen LogP) is 0.884. The van der Waals surface area contributed by atoms with Crippen molar-refractivity contribution in [2.45, 2.75) is 19.9 Å². The fourth-order valence-corrected chi connectivity index (χ4v) is 1.73. The van der Waals surface area contributed by atoms with Crippen molar-refractivity contribution in [3.63, 3.8) is 0 Å². The third-order valence-corrected chi connectivity index (χ3v) is 2.64. The molecule has 0 bridgehead atoms. The predicted molar refractivity (Wildman–Crippen MR) is 62.0 cm³/mol. The maximum absolute atomic E-state index is 11.3. The molecule has 6 nitrogen and oxygen atoms in total. The van der Waals surface area contributed by atoms with Crippen molar-refractivity contribution in [2.75, 3.05) is 13.2 Å². The summed E-state index contributed by atoms with van der Waals surface area (Å²) in [5.74, 6) is -1.30. The molecular weight excluding hydrogens is 244 g/mol. The van der Waals surface area contributed by atoms with Crippen LogP contribution in [0.5, 0.6) is 0 Å². The van der Waals surface area contributed by atoms with E-state index < -0.39 is 5.97 Å². The van der Waals surface area contributed by atoms with Crippen LogP contribution in [-0.4, -0.2) is 35.2 Å². The number of amides is 1. The van der Waals surface area contributed by atoms with Gasteiger partial charge in [0.25, 0.3) is 0 Å². The Kier molecular flexibility index (Phi) is 5.58. The zero-order chi connectivity index (χ0) is 12.7. The summed E-state index contributed by atoms with van der Waals surface area (Å²) in [7, 11) is 0. The molecule has 1 amide bonds. The average molecular weight is 258 g/mol. The van der Waals surface area contributed by atoms with Gasteiger partial charge in [-0.2, -0.15) is 0 Å². The molecule has 0 saturated carbocycles. The van der Waals surface area contributed by atoms with Crippen LogP contribution in [-0.2, 0) is 16.1 Å². The van der Waals surface area contributed by atoms with Gasteiger partial charge in [0.1, 0.15) is 11.6 Å². The van der Waals surface area contributed by atoms with E-state index in [2.05, 4.69) is 10.3 Å². The summed E-state index contributed by atoms with van der Waals surface area (Å²) < 4.78 is 5.05. The van der Waals surface area contributed by atoms with Gasteiger partial charge in [-0.3, -0.25) is 4.79 Å². The number of thiazole rings is 1. The van der Waals surface area contributed by atoms with Crippen molar-refractivity contribution in [3.8, 4) is 0 Å². The zero-order valence-electron chi connectivity index (χ0n) is 9.43. The van der Waals surface area contributed by atoms with Gasteiger partial charge in [0.15, 0.2) is 5.69 Å². The Balaban J connectivity index is 2.29. The van der Waals surface area contributed by atoms with Gasteiger partial charge in [0.2, 0.25) is 5.91 Å². The van der Waals surface area contributed by atoms with E-state index in [1.807, 2.05) is 6.92 Å². The molecule has 0 aliphatic rings. The minimum atomic E-state index is -1.06. The second-order valence-electron chi connectivity index (χ2n) is 3.26. The molecule has 1 aromatic rings. The fraction of sp³-hybridized carbons (Fsp3) is 0.500. The van der Waals surface area contributed by atoms with Gasteiger partial charge in [-0.05, 0) is 6.42 Å². The van der Waals surface area contributed by atoms with Crippen molar-refractivity contribution in [1.29, 1.82) is 0 Å². The van der Waals surface area contributed by atoms with E-state index >= 15 is 0 Å². The Hall–Kier alpha value is -1.47. The van der Waals surface area contributed by atoms with Crippen LogP contribution in [0.25, 0.3) is 0 Å². The van der Waals surface area contributed by atoms with Gasteiger partial charge in [-0.25, -0.2) is 9.78 Å². The van der Waals surface area contributed by atoms with Crippen molar-refractivity contribution in [1.82, 2.24) is 10.3 Å². The minimum Gasteiger partial charge on any atom is -0.476 e. The number of nitrogens with one attached hydrogen (secondary N) is 1. The highest BCUT2D eigenvalue weighted by Gasteiger charge is 2.09. The van der Waals surface area contributed by atoms with E-state index in [1.54, 1.807) is 0 Å². The number of rotatable bonds is 7. The first kappa shape index (κ1) is 13.6. The van der Waals surface area contributed by atoms with Gasteiger partial charge in [0.05, 0.1) is 6.54 Å². The number of hydrogen-bond acceptors (Lipinski definition) is 5. The van der Waals surface area contributed by atoms with E-state index in [-0.39, 0.29) is 24.8 Å². The van der Waals surface area contributed by atoms with Crippen molar-refractivity contribution < 1.29 is 19.4 Å². The summed E-state index contributed by atoms with van der Waals surface area (Å²) in [6, 6.07) is 0. The van der Waals surface area contributed by atoms with Gasteiger partial charge < -0.3 is 15.2 Å². The highest BCUT2D eigenvalue weighted by atomic mass is 32.1. The van der Waals surface area contributed by atoms with E-state index in [0.29, 0.717) is 11.6 Å². The number of nitrogens with zero attached hydrogens (tertiary/aromatic N) is 1. The number of carbonyl (C=O) groups excluding carboxylic acids is 1. The first-order chi connectivity index (χ1) is 8.13. The first-order valence-corrected chi connectivity index (χ1v) is 6.03. The summed E-state index contributed by atoms with van der Waals surface area (Å²) in [4.78, 5) is 25.7. The largest absolute Gasteiger partial charge is 0.476 e. The molecule has 0 saturated heterocycles. The van der Waals surface area contributed by atoms with E-state index in [4.69, 9.17) is 9.84 Å². The van der Waals surface area contributed by atoms with Crippen molar-refractivity contribution >= 4 is 23.2 Å². The van der Waals surface area contributed by atoms with Gasteiger partial charge in [0, 0.05) is 12.0 Å². The summed E-state index contributed by atoms with van der Waals surface area (Å²) in [5, 5.41) is 13.3. The van der Waals surface area contributed by atoms with Crippen LogP contribution in [0.2, 0.25) is 0 Å². The van der Waals surface area contributed by atoms with Crippen LogP contribution in [0.4, 0.5) is 0 Å². The highest BCUT2D eigenvalue weighted by molar-refractivity contribution is 7.09. The van der Waals surface area contributed by atoms with Crippen LogP contribution in [0, 0.1) is 0 Å². The lowest BCUT2D eigenvalue weighted by Gasteiger charge is -2.03. The quantitative estimate of drug-likeness (QED) is 0.709. The molecule has 0 atom stereocenters. The second-order valence-corrected chi connectivity index (χ2v) is 4.20. The molecule has 1 rings (SSSR count). The normalized spacial score (nSPS) is 10.2. The van der Waals surface area contributed by atoms with Crippen LogP contribution in [0.15, 0.2) is 5.38 Å². The topological polar surface area (TPSA) is 88.5 Å². The number of carbonyl (C=O) groups is 2. The number of hydrogen-bond donors (Lipinski definition) is 2.